The molecule has 0 aromatic heterocycles. The highest BCUT2D eigenvalue weighted by Crippen LogP contribution is 2.22. The van der Waals surface area contributed by atoms with E-state index in [-0.39, 0.29) is 17.9 Å². The molecule has 0 aliphatic carbocycles. The monoisotopic (exact) mass is 400 g/mol. The molecule has 4 rings (SSSR count). The third-order valence-corrected chi connectivity index (χ3v) is 6.33. The van der Waals surface area contributed by atoms with Crippen molar-refractivity contribution in [3.8, 4) is 0 Å². The van der Waals surface area contributed by atoms with Gasteiger partial charge >= 0.3 is 6.03 Å². The van der Waals surface area contributed by atoms with E-state index >= 15 is 0 Å². The molecule has 7 heteroatoms. The van der Waals surface area contributed by atoms with Crippen LogP contribution in [0.15, 0.2) is 30.3 Å². The molecule has 1 N–H and O–H groups in total. The summed E-state index contributed by atoms with van der Waals surface area (Å²) in [6, 6.07) is 9.42. The van der Waals surface area contributed by atoms with Crippen molar-refractivity contribution in [2.75, 3.05) is 57.7 Å². The van der Waals surface area contributed by atoms with Crippen LogP contribution in [0.1, 0.15) is 25.7 Å². The molecule has 0 bridgehead atoms. The number of ether oxygens (including phenoxy) is 1. The maximum absolute atomic E-state index is 12.9. The molecule has 0 saturated carbocycles. The number of hydrogen-bond acceptors (Lipinski definition) is 4. The highest BCUT2D eigenvalue weighted by atomic mass is 16.5. The topological polar surface area (TPSA) is 65.1 Å². The summed E-state index contributed by atoms with van der Waals surface area (Å²) in [4.78, 5) is 31.6. The minimum atomic E-state index is -0.0788. The summed E-state index contributed by atoms with van der Waals surface area (Å²) in [6.07, 6.45) is 4.21. The minimum absolute atomic E-state index is 0.0421. The van der Waals surface area contributed by atoms with E-state index in [1.165, 1.54) is 6.42 Å². The van der Waals surface area contributed by atoms with Crippen molar-refractivity contribution < 1.29 is 14.3 Å². The average molecular weight is 401 g/mol. The number of hydrogen-bond donors (Lipinski definition) is 1. The largest absolute Gasteiger partial charge is 0.377 e. The van der Waals surface area contributed by atoms with Crippen LogP contribution in [-0.4, -0.2) is 85.2 Å². The number of piperazine rings is 1. The number of anilines is 1. The third kappa shape index (κ3) is 5.28. The van der Waals surface area contributed by atoms with Crippen LogP contribution in [0.3, 0.4) is 0 Å². The molecule has 3 aliphatic heterocycles. The quantitative estimate of drug-likeness (QED) is 0.842. The lowest BCUT2D eigenvalue weighted by Crippen LogP contribution is -2.53. The second kappa shape index (κ2) is 9.59. The summed E-state index contributed by atoms with van der Waals surface area (Å²) >= 11 is 0. The molecule has 3 aliphatic rings. The van der Waals surface area contributed by atoms with Gasteiger partial charge in [-0.05, 0) is 37.8 Å². The molecule has 1 aromatic rings. The van der Waals surface area contributed by atoms with Crippen LogP contribution in [0.4, 0.5) is 10.5 Å². The van der Waals surface area contributed by atoms with Gasteiger partial charge in [0.05, 0.1) is 6.10 Å². The first-order valence-electron chi connectivity index (χ1n) is 10.9. The summed E-state index contributed by atoms with van der Waals surface area (Å²) in [5, 5.41) is 2.93. The molecule has 0 unspecified atom stereocenters. The lowest BCUT2D eigenvalue weighted by molar-refractivity contribution is -0.138. The predicted octanol–water partition coefficient (Wildman–Crippen LogP) is 2.25. The molecule has 3 saturated heterocycles. The Labute approximate surface area is 173 Å². The molecular weight excluding hydrogens is 368 g/mol. The maximum atomic E-state index is 12.9. The van der Waals surface area contributed by atoms with Crippen LogP contribution in [0.5, 0.6) is 0 Å². The number of amides is 3. The van der Waals surface area contributed by atoms with Crippen molar-refractivity contribution in [1.82, 2.24) is 14.7 Å². The molecule has 7 nitrogen and oxygen atoms in total. The third-order valence-electron chi connectivity index (χ3n) is 6.33. The van der Waals surface area contributed by atoms with E-state index in [9.17, 15) is 9.59 Å². The Bertz CT molecular complexity index is 677. The molecule has 158 valence electrons. The van der Waals surface area contributed by atoms with Gasteiger partial charge < -0.3 is 19.9 Å². The number of carbonyl (C=O) groups excluding carboxylic acids is 2. The molecule has 1 atom stereocenters. The van der Waals surface area contributed by atoms with Crippen molar-refractivity contribution in [3.05, 3.63) is 30.3 Å². The van der Waals surface area contributed by atoms with Gasteiger partial charge in [-0.2, -0.15) is 0 Å². The Kier molecular flexibility index (Phi) is 6.67. The Balaban J connectivity index is 1.19. The van der Waals surface area contributed by atoms with Crippen LogP contribution in [0, 0.1) is 5.92 Å². The van der Waals surface area contributed by atoms with Crippen LogP contribution >= 0.6 is 0 Å². The Hall–Kier alpha value is -2.12. The van der Waals surface area contributed by atoms with E-state index in [0.717, 1.165) is 64.3 Å². The lowest BCUT2D eigenvalue weighted by Gasteiger charge is -2.39. The maximum Gasteiger partial charge on any atom is 0.321 e. The number of benzene rings is 1. The van der Waals surface area contributed by atoms with E-state index in [4.69, 9.17) is 4.74 Å². The number of para-hydroxylation sites is 1. The predicted molar refractivity (Wildman–Crippen MR) is 112 cm³/mol. The number of piperidine rings is 1. The molecule has 1 aromatic carbocycles. The zero-order valence-electron chi connectivity index (χ0n) is 17.1. The van der Waals surface area contributed by atoms with E-state index < -0.39 is 0 Å². The van der Waals surface area contributed by atoms with Gasteiger partial charge in [-0.15, -0.1) is 0 Å². The molecule has 0 spiro atoms. The van der Waals surface area contributed by atoms with Gasteiger partial charge in [-0.1, -0.05) is 18.2 Å². The molecule has 3 heterocycles. The molecule has 3 fully saturated rings. The SMILES string of the molecule is O=C(Nc1ccccc1)N1CCC(C(=O)N2CCN(C[C@H]3CCCO3)CC2)CC1. The highest BCUT2D eigenvalue weighted by Gasteiger charge is 2.32. The van der Waals surface area contributed by atoms with E-state index in [0.29, 0.717) is 19.2 Å². The van der Waals surface area contributed by atoms with Crippen molar-refractivity contribution in [3.63, 3.8) is 0 Å². The first-order chi connectivity index (χ1) is 14.2. The zero-order valence-corrected chi connectivity index (χ0v) is 17.1. The summed E-state index contributed by atoms with van der Waals surface area (Å²) in [5.74, 6) is 0.311. The standard InChI is InChI=1S/C22H32N4O3/c27-21(25-14-12-24(13-15-25)17-20-7-4-16-29-20)18-8-10-26(11-9-18)22(28)23-19-5-2-1-3-6-19/h1-3,5-6,18,20H,4,7-17H2,(H,23,28)/t20-/m1/s1. The Morgan fingerprint density at radius 3 is 2.31 bits per heavy atom. The Morgan fingerprint density at radius 1 is 0.931 bits per heavy atom. The fourth-order valence-electron chi connectivity index (χ4n) is 4.54. The summed E-state index contributed by atoms with van der Waals surface area (Å²) in [7, 11) is 0. The van der Waals surface area contributed by atoms with Crippen LogP contribution < -0.4 is 5.32 Å². The Morgan fingerprint density at radius 2 is 1.66 bits per heavy atom. The zero-order chi connectivity index (χ0) is 20.1. The average Bonchev–Trinajstić information content (AvgIpc) is 3.28. The molecule has 29 heavy (non-hydrogen) atoms. The number of nitrogens with one attached hydrogen (secondary N) is 1. The smallest absolute Gasteiger partial charge is 0.321 e. The van der Waals surface area contributed by atoms with Gasteiger partial charge in [0, 0.05) is 64.0 Å². The van der Waals surface area contributed by atoms with Gasteiger partial charge in [0.1, 0.15) is 0 Å². The van der Waals surface area contributed by atoms with Gasteiger partial charge in [0.25, 0.3) is 0 Å². The van der Waals surface area contributed by atoms with E-state index in [2.05, 4.69) is 10.2 Å². The lowest BCUT2D eigenvalue weighted by atomic mass is 9.95. The van der Waals surface area contributed by atoms with Crippen LogP contribution in [0.25, 0.3) is 0 Å². The highest BCUT2D eigenvalue weighted by molar-refractivity contribution is 5.89. The summed E-state index contributed by atoms with van der Waals surface area (Å²) in [5.41, 5.74) is 0.802. The second-order valence-electron chi connectivity index (χ2n) is 8.32. The van der Waals surface area contributed by atoms with Crippen LogP contribution in [-0.2, 0) is 9.53 Å². The van der Waals surface area contributed by atoms with E-state index in [1.807, 2.05) is 40.1 Å². The normalized spacial score (nSPS) is 23.9. The first-order valence-corrected chi connectivity index (χ1v) is 10.9. The van der Waals surface area contributed by atoms with Gasteiger partial charge in [0.15, 0.2) is 0 Å². The van der Waals surface area contributed by atoms with Crippen molar-refractivity contribution >= 4 is 17.6 Å². The number of rotatable bonds is 4. The van der Waals surface area contributed by atoms with Gasteiger partial charge in [-0.3, -0.25) is 9.69 Å². The van der Waals surface area contributed by atoms with Crippen molar-refractivity contribution in [1.29, 1.82) is 0 Å². The summed E-state index contributed by atoms with van der Waals surface area (Å²) in [6.45, 7) is 6.64. The van der Waals surface area contributed by atoms with Gasteiger partial charge in [-0.25, -0.2) is 4.79 Å². The molecule has 0 radical (unpaired) electrons. The number of urea groups is 1. The first kappa shape index (κ1) is 20.2. The molecule has 3 amide bonds. The van der Waals surface area contributed by atoms with Crippen LogP contribution in [0.2, 0.25) is 0 Å². The number of nitrogens with zero attached hydrogens (tertiary/aromatic N) is 3. The van der Waals surface area contributed by atoms with Crippen molar-refractivity contribution in [2.45, 2.75) is 31.8 Å². The fourth-order valence-corrected chi connectivity index (χ4v) is 4.54. The molecular formula is C22H32N4O3. The second-order valence-corrected chi connectivity index (χ2v) is 8.32. The van der Waals surface area contributed by atoms with Crippen molar-refractivity contribution in [2.24, 2.45) is 5.92 Å². The summed E-state index contributed by atoms with van der Waals surface area (Å²) < 4.78 is 5.73. The minimum Gasteiger partial charge on any atom is -0.377 e. The number of likely N-dealkylation sites (tertiary alicyclic amines) is 1. The number of carbonyl (C=O) groups is 2. The van der Waals surface area contributed by atoms with E-state index in [1.54, 1.807) is 0 Å². The fraction of sp³-hybridized carbons (Fsp3) is 0.636. The van der Waals surface area contributed by atoms with Gasteiger partial charge in [0.2, 0.25) is 5.91 Å².